The first-order valence-corrected chi connectivity index (χ1v) is 15.8. The molecule has 0 saturated heterocycles. The van der Waals surface area contributed by atoms with Crippen LogP contribution < -0.4 is 15.2 Å². The summed E-state index contributed by atoms with van der Waals surface area (Å²) in [5.74, 6) is 0. The largest absolute Gasteiger partial charge is 0.756 e. The molecule has 0 aliphatic heterocycles. The van der Waals surface area contributed by atoms with Crippen molar-refractivity contribution in [3.63, 3.8) is 0 Å². The van der Waals surface area contributed by atoms with Gasteiger partial charge in [0.2, 0.25) is 5.01 Å². The van der Waals surface area contributed by atoms with E-state index in [1.165, 1.54) is 89.1 Å². The summed E-state index contributed by atoms with van der Waals surface area (Å²) >= 11 is 1.48. The van der Waals surface area contributed by atoms with Gasteiger partial charge in [0, 0.05) is 13.7 Å². The molecule has 210 valence electrons. The zero-order valence-corrected chi connectivity index (χ0v) is 23.9. The van der Waals surface area contributed by atoms with E-state index in [2.05, 4.69) is 17.2 Å². The molecule has 0 spiro atoms. The Balaban J connectivity index is 1.96. The predicted octanol–water partition coefficient (Wildman–Crippen LogP) is 5.44. The molecule has 9 nitrogen and oxygen atoms in total. The number of aromatic nitrogens is 1. The maximum atomic E-state index is 11.9. The number of rotatable bonds is 24. The van der Waals surface area contributed by atoms with Crippen molar-refractivity contribution >= 4 is 25.3 Å². The Kier molecular flexibility index (Phi) is 20.2. The zero-order chi connectivity index (χ0) is 26.3. The molecule has 0 saturated carbocycles. The summed E-state index contributed by atoms with van der Waals surface area (Å²) in [5, 5.41) is 5.48. The van der Waals surface area contributed by atoms with Crippen LogP contribution in [0.25, 0.3) is 0 Å². The number of hydrogen-bond donors (Lipinski definition) is 1. The van der Waals surface area contributed by atoms with Gasteiger partial charge < -0.3 is 28.7 Å². The molecule has 2 atom stereocenters. The maximum Gasteiger partial charge on any atom is 0.407 e. The lowest BCUT2D eigenvalue weighted by Gasteiger charge is -2.24. The lowest BCUT2D eigenvalue weighted by Crippen LogP contribution is -2.31. The van der Waals surface area contributed by atoms with Gasteiger partial charge >= 0.3 is 6.09 Å². The summed E-state index contributed by atoms with van der Waals surface area (Å²) in [5.41, 5.74) is 0. The predicted molar refractivity (Wildman–Crippen MR) is 140 cm³/mol. The van der Waals surface area contributed by atoms with Gasteiger partial charge in [-0.2, -0.15) is 0 Å². The van der Waals surface area contributed by atoms with Crippen molar-refractivity contribution in [1.29, 1.82) is 0 Å². The van der Waals surface area contributed by atoms with Crippen molar-refractivity contribution in [2.45, 2.75) is 103 Å². The van der Waals surface area contributed by atoms with Crippen molar-refractivity contribution in [2.75, 3.05) is 33.5 Å². The van der Waals surface area contributed by atoms with Gasteiger partial charge in [-0.05, 0) is 6.42 Å². The minimum absolute atomic E-state index is 0.0203. The van der Waals surface area contributed by atoms with Gasteiger partial charge in [-0.15, -0.1) is 0 Å². The SMILES string of the molecule is CCCCCCCCCCCCCCCNC(=O)OCC(COP(=O)([O-])OCCc1[nH+]ccs1)OC. The molecule has 1 aromatic rings. The quantitative estimate of drug-likeness (QED) is 0.134. The molecule has 2 N–H and O–H groups in total. The van der Waals surface area contributed by atoms with Crippen molar-refractivity contribution in [3.05, 3.63) is 16.6 Å². The molecule has 0 aliphatic carbocycles. The number of phosphoric ester groups is 1. The number of phosphoric acid groups is 1. The molecule has 0 radical (unpaired) electrons. The molecule has 0 fully saturated rings. The first-order chi connectivity index (χ1) is 17.5. The highest BCUT2D eigenvalue weighted by Crippen LogP contribution is 2.38. The number of H-pyrrole nitrogens is 1. The number of hydrogen-bond acceptors (Lipinski definition) is 8. The van der Waals surface area contributed by atoms with Crippen LogP contribution in [0.5, 0.6) is 0 Å². The van der Waals surface area contributed by atoms with Crippen molar-refractivity contribution in [1.82, 2.24) is 5.32 Å². The van der Waals surface area contributed by atoms with Crippen LogP contribution >= 0.6 is 19.2 Å². The van der Waals surface area contributed by atoms with E-state index in [0.717, 1.165) is 17.8 Å². The number of unbranched alkanes of at least 4 members (excludes halogenated alkanes) is 12. The summed E-state index contributed by atoms with van der Waals surface area (Å²) in [6.45, 7) is 2.37. The second-order valence-corrected chi connectivity index (χ2v) is 11.4. The van der Waals surface area contributed by atoms with Crippen LogP contribution in [0.4, 0.5) is 4.79 Å². The highest BCUT2D eigenvalue weighted by Gasteiger charge is 2.17. The van der Waals surface area contributed by atoms with Crippen molar-refractivity contribution in [3.8, 4) is 0 Å². The summed E-state index contributed by atoms with van der Waals surface area (Å²) in [6, 6.07) is 0. The number of alkyl carbamates (subject to hydrolysis) is 1. The van der Waals surface area contributed by atoms with Crippen LogP contribution in [-0.4, -0.2) is 45.7 Å². The standard InChI is InChI=1S/C25H47N2O7PS/c1-3-4-5-6-7-8-9-10-11-12-13-14-15-17-27-25(28)32-21-23(31-2)22-34-35(29,30)33-19-16-24-26-18-20-36-24/h18,20,23H,3-17,19,21-22H2,1-2H3,(H,27,28)(H,29,30). The number of methoxy groups -OCH3 is 1. The summed E-state index contributed by atoms with van der Waals surface area (Å²) in [6.07, 6.45) is 17.5. The number of nitrogens with one attached hydrogen (secondary N) is 2. The third-order valence-corrected chi connectivity index (χ3v) is 7.65. The van der Waals surface area contributed by atoms with E-state index in [9.17, 15) is 14.3 Å². The van der Waals surface area contributed by atoms with Gasteiger partial charge in [0.1, 0.15) is 12.7 Å². The molecule has 1 heterocycles. The highest BCUT2D eigenvalue weighted by molar-refractivity contribution is 7.45. The Morgan fingerprint density at radius 3 is 2.17 bits per heavy atom. The van der Waals surface area contributed by atoms with Crippen LogP contribution in [0.3, 0.4) is 0 Å². The summed E-state index contributed by atoms with van der Waals surface area (Å²) < 4.78 is 31.8. The third-order valence-electron chi connectivity index (χ3n) is 5.80. The first-order valence-electron chi connectivity index (χ1n) is 13.4. The Labute approximate surface area is 221 Å². The van der Waals surface area contributed by atoms with E-state index in [4.69, 9.17) is 18.5 Å². The molecule has 36 heavy (non-hydrogen) atoms. The Morgan fingerprint density at radius 1 is 1.00 bits per heavy atom. The Hall–Kier alpha value is -1.03. The van der Waals surface area contributed by atoms with E-state index < -0.39 is 20.0 Å². The second kappa shape index (κ2) is 22.0. The molecule has 1 rings (SSSR count). The lowest BCUT2D eigenvalue weighted by molar-refractivity contribution is -0.382. The van der Waals surface area contributed by atoms with Crippen LogP contribution in [0, 0.1) is 0 Å². The smallest absolute Gasteiger partial charge is 0.407 e. The Bertz CT molecular complexity index is 694. The van der Waals surface area contributed by atoms with Gasteiger partial charge in [0.15, 0.2) is 6.20 Å². The van der Waals surface area contributed by atoms with Crippen LogP contribution in [0.1, 0.15) is 95.4 Å². The average Bonchev–Trinajstić information content (AvgIpc) is 3.37. The van der Waals surface area contributed by atoms with Crippen molar-refractivity contribution in [2.24, 2.45) is 0 Å². The zero-order valence-electron chi connectivity index (χ0n) is 22.2. The average molecular weight is 551 g/mol. The van der Waals surface area contributed by atoms with E-state index in [1.807, 2.05) is 5.38 Å². The fourth-order valence-electron chi connectivity index (χ4n) is 3.61. The molecule has 0 bridgehead atoms. The number of ether oxygens (including phenoxy) is 2. The minimum Gasteiger partial charge on any atom is -0.756 e. The number of thiazole rings is 1. The molecular weight excluding hydrogens is 503 g/mol. The van der Waals surface area contributed by atoms with Gasteiger partial charge in [0.25, 0.3) is 7.82 Å². The van der Waals surface area contributed by atoms with Gasteiger partial charge in [-0.25, -0.2) is 9.78 Å². The first kappa shape index (κ1) is 33.0. The van der Waals surface area contributed by atoms with Crippen molar-refractivity contribution < 1.29 is 37.8 Å². The highest BCUT2D eigenvalue weighted by atomic mass is 32.1. The normalized spacial score (nSPS) is 13.9. The number of amides is 1. The number of carbonyl (C=O) groups excluding carboxylic acids is 1. The molecule has 2 unspecified atom stereocenters. The fraction of sp³-hybridized carbons (Fsp3) is 0.840. The third kappa shape index (κ3) is 19.1. The van der Waals surface area contributed by atoms with Crippen LogP contribution in [-0.2, 0) is 29.5 Å². The fourth-order valence-corrected chi connectivity index (χ4v) is 4.98. The van der Waals surface area contributed by atoms with Gasteiger partial charge in [-0.3, -0.25) is 4.57 Å². The second-order valence-electron chi connectivity index (χ2n) is 8.94. The van der Waals surface area contributed by atoms with E-state index in [0.29, 0.717) is 13.0 Å². The lowest BCUT2D eigenvalue weighted by atomic mass is 10.0. The van der Waals surface area contributed by atoms with Crippen LogP contribution in [0.2, 0.25) is 0 Å². The van der Waals surface area contributed by atoms with Gasteiger partial charge in [-0.1, -0.05) is 95.3 Å². The molecular formula is C25H47N2O7PS. The van der Waals surface area contributed by atoms with Crippen LogP contribution in [0.15, 0.2) is 11.6 Å². The summed E-state index contributed by atoms with van der Waals surface area (Å²) in [7, 11) is -3.07. The number of aromatic amines is 1. The molecule has 0 aromatic carbocycles. The topological polar surface area (TPSA) is 120 Å². The van der Waals surface area contributed by atoms with E-state index in [-0.39, 0.29) is 19.8 Å². The maximum absolute atomic E-state index is 11.9. The Morgan fingerprint density at radius 2 is 1.61 bits per heavy atom. The molecule has 1 aromatic heterocycles. The van der Waals surface area contributed by atoms with E-state index in [1.54, 1.807) is 6.20 Å². The molecule has 0 aliphatic rings. The minimum atomic E-state index is -4.47. The molecule has 1 amide bonds. The van der Waals surface area contributed by atoms with E-state index >= 15 is 0 Å². The molecule has 11 heteroatoms. The summed E-state index contributed by atoms with van der Waals surface area (Å²) in [4.78, 5) is 26.7. The van der Waals surface area contributed by atoms with Gasteiger partial charge in [0.05, 0.1) is 25.0 Å². The number of carbonyl (C=O) groups is 1. The monoisotopic (exact) mass is 550 g/mol.